The van der Waals surface area contributed by atoms with Gasteiger partial charge in [-0.15, -0.1) is 11.6 Å². The number of carbonyl (C=O) groups is 1. The first-order valence-electron chi connectivity index (χ1n) is 6.37. The largest absolute Gasteiger partial charge is 0.350 e. The smallest absolute Gasteiger partial charge is 0.254 e. The molecule has 106 valence electrons. The van der Waals surface area contributed by atoms with Crippen LogP contribution < -0.4 is 5.32 Å². The standard InChI is InChI=1S/C15H21ClFNO/c1-10-5-6-12(13(17)7-10)14(19)18-9-11(16)8-15(2,3)4/h5-7,11H,8-9H2,1-4H3,(H,18,19). The fourth-order valence-electron chi connectivity index (χ4n) is 1.84. The summed E-state index contributed by atoms with van der Waals surface area (Å²) in [5.41, 5.74) is 0.953. The van der Waals surface area contributed by atoms with Crippen LogP contribution in [0.1, 0.15) is 43.1 Å². The molecule has 1 aromatic rings. The molecule has 1 rings (SSSR count). The van der Waals surface area contributed by atoms with Crippen molar-refractivity contribution < 1.29 is 9.18 Å². The number of benzene rings is 1. The highest BCUT2D eigenvalue weighted by Crippen LogP contribution is 2.23. The van der Waals surface area contributed by atoms with Gasteiger partial charge in [0.25, 0.3) is 5.91 Å². The lowest BCUT2D eigenvalue weighted by Gasteiger charge is -2.22. The lowest BCUT2D eigenvalue weighted by molar-refractivity contribution is 0.0948. The van der Waals surface area contributed by atoms with Crippen LogP contribution in [0.3, 0.4) is 0 Å². The molecule has 0 bridgehead atoms. The SMILES string of the molecule is Cc1ccc(C(=O)NCC(Cl)CC(C)(C)C)c(F)c1. The van der Waals surface area contributed by atoms with Gasteiger partial charge in [0.05, 0.1) is 10.9 Å². The number of nitrogens with one attached hydrogen (secondary N) is 1. The van der Waals surface area contributed by atoms with Gasteiger partial charge in [-0.25, -0.2) is 4.39 Å². The topological polar surface area (TPSA) is 29.1 Å². The Kier molecular flexibility index (Phi) is 5.36. The molecular weight excluding hydrogens is 265 g/mol. The maximum Gasteiger partial charge on any atom is 0.254 e. The number of rotatable bonds is 4. The van der Waals surface area contributed by atoms with Crippen LogP contribution in [0.2, 0.25) is 0 Å². The van der Waals surface area contributed by atoms with Gasteiger partial charge in [-0.3, -0.25) is 4.79 Å². The van der Waals surface area contributed by atoms with Crippen LogP contribution in [0.5, 0.6) is 0 Å². The Balaban J connectivity index is 2.56. The molecule has 1 amide bonds. The molecule has 0 saturated heterocycles. The van der Waals surface area contributed by atoms with E-state index >= 15 is 0 Å². The molecule has 19 heavy (non-hydrogen) atoms. The maximum atomic E-state index is 13.6. The van der Waals surface area contributed by atoms with E-state index < -0.39 is 11.7 Å². The van der Waals surface area contributed by atoms with E-state index in [0.717, 1.165) is 12.0 Å². The van der Waals surface area contributed by atoms with Gasteiger partial charge in [-0.05, 0) is 36.5 Å². The summed E-state index contributed by atoms with van der Waals surface area (Å²) in [6, 6.07) is 4.56. The van der Waals surface area contributed by atoms with Crippen LogP contribution in [0.4, 0.5) is 4.39 Å². The molecule has 0 aliphatic rings. The minimum Gasteiger partial charge on any atom is -0.350 e. The molecule has 0 fully saturated rings. The zero-order valence-electron chi connectivity index (χ0n) is 11.9. The summed E-state index contributed by atoms with van der Waals surface area (Å²) >= 11 is 6.15. The van der Waals surface area contributed by atoms with Gasteiger partial charge >= 0.3 is 0 Å². The highest BCUT2D eigenvalue weighted by molar-refractivity contribution is 6.21. The van der Waals surface area contributed by atoms with Crippen molar-refractivity contribution in [3.8, 4) is 0 Å². The fourth-order valence-corrected chi connectivity index (χ4v) is 2.38. The van der Waals surface area contributed by atoms with Crippen molar-refractivity contribution in [2.24, 2.45) is 5.41 Å². The van der Waals surface area contributed by atoms with Crippen molar-refractivity contribution in [1.29, 1.82) is 0 Å². The zero-order valence-corrected chi connectivity index (χ0v) is 12.6. The lowest BCUT2D eigenvalue weighted by Crippen LogP contribution is -2.32. The lowest BCUT2D eigenvalue weighted by atomic mass is 9.90. The molecule has 0 aliphatic carbocycles. The molecule has 4 heteroatoms. The second kappa shape index (κ2) is 6.38. The van der Waals surface area contributed by atoms with E-state index in [1.807, 2.05) is 0 Å². The fraction of sp³-hybridized carbons (Fsp3) is 0.533. The Morgan fingerprint density at radius 3 is 2.58 bits per heavy atom. The molecule has 0 radical (unpaired) electrons. The van der Waals surface area contributed by atoms with Crippen LogP contribution in [0.15, 0.2) is 18.2 Å². The second-order valence-electron chi connectivity index (χ2n) is 6.06. The molecule has 1 atom stereocenters. The molecule has 0 aliphatic heterocycles. The number of amides is 1. The molecule has 0 aromatic heterocycles. The number of hydrogen-bond acceptors (Lipinski definition) is 1. The van der Waals surface area contributed by atoms with Gasteiger partial charge in [0.2, 0.25) is 0 Å². The van der Waals surface area contributed by atoms with Crippen molar-refractivity contribution in [3.63, 3.8) is 0 Å². The van der Waals surface area contributed by atoms with Crippen LogP contribution in [0, 0.1) is 18.2 Å². The summed E-state index contributed by atoms with van der Waals surface area (Å²) in [6.45, 7) is 8.38. The normalized spacial score (nSPS) is 13.2. The average Bonchev–Trinajstić information content (AvgIpc) is 2.23. The van der Waals surface area contributed by atoms with Crippen LogP contribution >= 0.6 is 11.6 Å². The second-order valence-corrected chi connectivity index (χ2v) is 6.67. The molecule has 0 heterocycles. The quantitative estimate of drug-likeness (QED) is 0.835. The Morgan fingerprint density at radius 1 is 1.42 bits per heavy atom. The van der Waals surface area contributed by atoms with E-state index in [1.165, 1.54) is 12.1 Å². The Morgan fingerprint density at radius 2 is 2.05 bits per heavy atom. The molecule has 0 saturated carbocycles. The minimum absolute atomic E-state index is 0.0604. The molecule has 1 unspecified atom stereocenters. The summed E-state index contributed by atoms with van der Waals surface area (Å²) in [4.78, 5) is 11.8. The van der Waals surface area contributed by atoms with Crippen LogP contribution in [-0.2, 0) is 0 Å². The van der Waals surface area contributed by atoms with Gasteiger partial charge < -0.3 is 5.32 Å². The third-order valence-corrected chi connectivity index (χ3v) is 3.00. The molecule has 2 nitrogen and oxygen atoms in total. The molecule has 1 aromatic carbocycles. The van der Waals surface area contributed by atoms with Gasteiger partial charge in [0.15, 0.2) is 0 Å². The monoisotopic (exact) mass is 285 g/mol. The summed E-state index contributed by atoms with van der Waals surface area (Å²) in [6.07, 6.45) is 0.783. The molecular formula is C15H21ClFNO. The van der Waals surface area contributed by atoms with Gasteiger partial charge in [0, 0.05) is 6.54 Å². The maximum absolute atomic E-state index is 13.6. The van der Waals surface area contributed by atoms with Crippen molar-refractivity contribution in [3.05, 3.63) is 35.1 Å². The molecule has 0 spiro atoms. The number of halogens is 2. The van der Waals surface area contributed by atoms with E-state index in [-0.39, 0.29) is 16.4 Å². The van der Waals surface area contributed by atoms with Crippen molar-refractivity contribution >= 4 is 17.5 Å². The van der Waals surface area contributed by atoms with Gasteiger partial charge in [-0.1, -0.05) is 26.8 Å². The van der Waals surface area contributed by atoms with E-state index in [9.17, 15) is 9.18 Å². The summed E-state index contributed by atoms with van der Waals surface area (Å²) in [5, 5.41) is 2.52. The van der Waals surface area contributed by atoms with E-state index in [4.69, 9.17) is 11.6 Å². The number of carbonyl (C=O) groups excluding carboxylic acids is 1. The Hall–Kier alpha value is -1.09. The first kappa shape index (κ1) is 16.0. The van der Waals surface area contributed by atoms with Crippen molar-refractivity contribution in [2.75, 3.05) is 6.54 Å². The average molecular weight is 286 g/mol. The number of hydrogen-bond donors (Lipinski definition) is 1. The predicted molar refractivity (Wildman–Crippen MR) is 77.2 cm³/mol. The van der Waals surface area contributed by atoms with E-state index in [0.29, 0.717) is 6.54 Å². The van der Waals surface area contributed by atoms with Gasteiger partial charge in [-0.2, -0.15) is 0 Å². The summed E-state index contributed by atoms with van der Waals surface area (Å²) in [5.74, 6) is -0.920. The van der Waals surface area contributed by atoms with Crippen LogP contribution in [0.25, 0.3) is 0 Å². The first-order chi connectivity index (χ1) is 8.69. The predicted octanol–water partition coefficient (Wildman–Crippen LogP) is 3.91. The number of aryl methyl sites for hydroxylation is 1. The zero-order chi connectivity index (χ0) is 14.6. The number of alkyl halides is 1. The summed E-state index contributed by atoms with van der Waals surface area (Å²) < 4.78 is 13.6. The van der Waals surface area contributed by atoms with Crippen LogP contribution in [-0.4, -0.2) is 17.8 Å². The Bertz CT molecular complexity index is 454. The molecule has 1 N–H and O–H groups in total. The highest BCUT2D eigenvalue weighted by Gasteiger charge is 2.18. The van der Waals surface area contributed by atoms with Crippen molar-refractivity contribution in [1.82, 2.24) is 5.32 Å². The van der Waals surface area contributed by atoms with E-state index in [1.54, 1.807) is 13.0 Å². The summed E-state index contributed by atoms with van der Waals surface area (Å²) in [7, 11) is 0. The third-order valence-electron chi connectivity index (χ3n) is 2.69. The Labute approximate surface area is 119 Å². The van der Waals surface area contributed by atoms with Crippen molar-refractivity contribution in [2.45, 2.75) is 39.5 Å². The third kappa shape index (κ3) is 5.60. The van der Waals surface area contributed by atoms with Gasteiger partial charge in [0.1, 0.15) is 5.82 Å². The highest BCUT2D eigenvalue weighted by atomic mass is 35.5. The first-order valence-corrected chi connectivity index (χ1v) is 6.81. The van der Waals surface area contributed by atoms with E-state index in [2.05, 4.69) is 26.1 Å². The minimum atomic E-state index is -0.501.